The van der Waals surface area contributed by atoms with Crippen molar-refractivity contribution in [3.05, 3.63) is 70.8 Å². The standard InChI is InChI=1S/C21H21N3/c1-14-12-21(14,2)17-10-6-9-16-11-18(15-7-4-3-5-8-15)24-13-22-23-20(24)19(16)17/h3-11,13-14,20,23H,12H2,1-2H3/t14-,20?,21?/m0/s1. The molecule has 0 saturated heterocycles. The summed E-state index contributed by atoms with van der Waals surface area (Å²) in [5.74, 6) is 0.749. The van der Waals surface area contributed by atoms with Gasteiger partial charge in [-0.05, 0) is 40.5 Å². The predicted molar refractivity (Wildman–Crippen MR) is 98.1 cm³/mol. The minimum atomic E-state index is 0.0982. The SMILES string of the molecule is C[C@H]1CC1(C)c1cccc2c1C1NN=CN1C(c1ccccc1)=C2. The molecule has 0 amide bonds. The van der Waals surface area contributed by atoms with Gasteiger partial charge in [-0.2, -0.15) is 5.10 Å². The number of rotatable bonds is 2. The largest absolute Gasteiger partial charge is 0.304 e. The zero-order valence-corrected chi connectivity index (χ0v) is 14.0. The van der Waals surface area contributed by atoms with Crippen molar-refractivity contribution < 1.29 is 0 Å². The summed E-state index contributed by atoms with van der Waals surface area (Å²) >= 11 is 0. The van der Waals surface area contributed by atoms with E-state index < -0.39 is 0 Å². The summed E-state index contributed by atoms with van der Waals surface area (Å²) in [5, 5.41) is 4.38. The lowest BCUT2D eigenvalue weighted by Crippen LogP contribution is -2.32. The van der Waals surface area contributed by atoms with E-state index in [9.17, 15) is 0 Å². The van der Waals surface area contributed by atoms with Crippen LogP contribution in [-0.2, 0) is 5.41 Å². The second-order valence-electron chi connectivity index (χ2n) is 7.41. The van der Waals surface area contributed by atoms with Crippen LogP contribution in [0.4, 0.5) is 0 Å². The van der Waals surface area contributed by atoms with E-state index in [1.54, 1.807) is 0 Å². The maximum Gasteiger partial charge on any atom is 0.147 e. The lowest BCUT2D eigenvalue weighted by atomic mass is 9.84. The van der Waals surface area contributed by atoms with Crippen LogP contribution in [0.2, 0.25) is 0 Å². The molecule has 3 aliphatic rings. The van der Waals surface area contributed by atoms with Crippen LogP contribution in [0.1, 0.15) is 48.7 Å². The van der Waals surface area contributed by atoms with E-state index in [2.05, 4.69) is 83.9 Å². The topological polar surface area (TPSA) is 27.6 Å². The van der Waals surface area contributed by atoms with Gasteiger partial charge < -0.3 is 4.90 Å². The van der Waals surface area contributed by atoms with Crippen molar-refractivity contribution in [3.63, 3.8) is 0 Å². The fourth-order valence-electron chi connectivity index (χ4n) is 4.23. The average molecular weight is 315 g/mol. The first kappa shape index (κ1) is 13.8. The Morgan fingerprint density at radius 2 is 1.92 bits per heavy atom. The fourth-order valence-corrected chi connectivity index (χ4v) is 4.23. The molecule has 0 radical (unpaired) electrons. The number of hydrogen-bond donors (Lipinski definition) is 1. The van der Waals surface area contributed by atoms with Crippen LogP contribution in [0.5, 0.6) is 0 Å². The molecule has 3 atom stereocenters. The van der Waals surface area contributed by atoms with Gasteiger partial charge in [-0.1, -0.05) is 62.4 Å². The molecule has 1 fully saturated rings. The Hall–Kier alpha value is -2.55. The Morgan fingerprint density at radius 1 is 1.12 bits per heavy atom. The fraction of sp³-hybridized carbons (Fsp3) is 0.286. The third kappa shape index (κ3) is 1.81. The first-order valence-corrected chi connectivity index (χ1v) is 8.66. The van der Waals surface area contributed by atoms with E-state index in [1.165, 1.54) is 34.4 Å². The van der Waals surface area contributed by atoms with Gasteiger partial charge in [0.15, 0.2) is 0 Å². The third-order valence-electron chi connectivity index (χ3n) is 5.98. The highest BCUT2D eigenvalue weighted by Gasteiger charge is 2.50. The van der Waals surface area contributed by atoms with Crippen molar-refractivity contribution in [3.8, 4) is 0 Å². The first-order valence-electron chi connectivity index (χ1n) is 8.66. The molecule has 1 saturated carbocycles. The number of fused-ring (bicyclic) bond motifs is 3. The van der Waals surface area contributed by atoms with E-state index in [4.69, 9.17) is 0 Å². The van der Waals surface area contributed by atoms with Crippen LogP contribution < -0.4 is 5.43 Å². The number of hydrogen-bond acceptors (Lipinski definition) is 3. The minimum Gasteiger partial charge on any atom is -0.304 e. The van der Waals surface area contributed by atoms with Crippen molar-refractivity contribution in [1.82, 2.24) is 10.3 Å². The Balaban J connectivity index is 1.71. The molecule has 2 aromatic carbocycles. The molecule has 24 heavy (non-hydrogen) atoms. The molecule has 0 spiro atoms. The molecule has 3 heteroatoms. The minimum absolute atomic E-state index is 0.0982. The Bertz CT molecular complexity index is 868. The van der Waals surface area contributed by atoms with Gasteiger partial charge in [0.05, 0.1) is 5.70 Å². The van der Waals surface area contributed by atoms with Crippen LogP contribution in [0.3, 0.4) is 0 Å². The summed E-state index contributed by atoms with van der Waals surface area (Å²) in [4.78, 5) is 2.26. The van der Waals surface area contributed by atoms with Crippen molar-refractivity contribution in [2.75, 3.05) is 0 Å². The van der Waals surface area contributed by atoms with Crippen molar-refractivity contribution in [1.29, 1.82) is 0 Å². The maximum atomic E-state index is 4.38. The van der Waals surface area contributed by atoms with Gasteiger partial charge in [0.25, 0.3) is 0 Å². The lowest BCUT2D eigenvalue weighted by Gasteiger charge is -2.34. The molecule has 5 rings (SSSR count). The van der Waals surface area contributed by atoms with Crippen molar-refractivity contribution in [2.45, 2.75) is 31.8 Å². The third-order valence-corrected chi connectivity index (χ3v) is 5.98. The Kier molecular flexibility index (Phi) is 2.73. The molecular formula is C21H21N3. The molecule has 120 valence electrons. The van der Waals surface area contributed by atoms with Crippen molar-refractivity contribution >= 4 is 18.1 Å². The molecule has 1 aliphatic carbocycles. The van der Waals surface area contributed by atoms with E-state index in [1.807, 2.05) is 6.34 Å². The van der Waals surface area contributed by atoms with E-state index in [0.717, 1.165) is 5.92 Å². The van der Waals surface area contributed by atoms with Gasteiger partial charge in [-0.25, -0.2) is 0 Å². The van der Waals surface area contributed by atoms with Crippen LogP contribution in [0.25, 0.3) is 11.8 Å². The summed E-state index contributed by atoms with van der Waals surface area (Å²) in [7, 11) is 0. The molecule has 2 heterocycles. The highest BCUT2D eigenvalue weighted by Crippen LogP contribution is 2.56. The van der Waals surface area contributed by atoms with E-state index in [0.29, 0.717) is 5.41 Å². The van der Waals surface area contributed by atoms with E-state index in [-0.39, 0.29) is 6.17 Å². The summed E-state index contributed by atoms with van der Waals surface area (Å²) in [6.07, 6.45) is 5.59. The Morgan fingerprint density at radius 3 is 2.67 bits per heavy atom. The summed E-state index contributed by atoms with van der Waals surface area (Å²) in [5.41, 5.74) is 10.2. The quantitative estimate of drug-likeness (QED) is 0.892. The molecule has 2 aromatic rings. The zero-order chi connectivity index (χ0) is 16.3. The summed E-state index contributed by atoms with van der Waals surface area (Å²) < 4.78 is 0. The lowest BCUT2D eigenvalue weighted by molar-refractivity contribution is 0.402. The van der Waals surface area contributed by atoms with Crippen LogP contribution in [-0.4, -0.2) is 11.2 Å². The van der Waals surface area contributed by atoms with Gasteiger partial charge in [0, 0.05) is 5.56 Å². The molecule has 0 aromatic heterocycles. The second kappa shape index (κ2) is 4.73. The second-order valence-corrected chi connectivity index (χ2v) is 7.41. The molecule has 2 aliphatic heterocycles. The summed E-state index contributed by atoms with van der Waals surface area (Å²) in [6.45, 7) is 4.74. The van der Waals surface area contributed by atoms with Crippen LogP contribution in [0, 0.1) is 5.92 Å². The number of hydrazone groups is 1. The summed E-state index contributed by atoms with van der Waals surface area (Å²) in [6, 6.07) is 17.3. The molecule has 2 unspecified atom stereocenters. The van der Waals surface area contributed by atoms with Gasteiger partial charge in [-0.15, -0.1) is 0 Å². The smallest absolute Gasteiger partial charge is 0.147 e. The molecule has 0 bridgehead atoms. The molecular weight excluding hydrogens is 294 g/mol. The van der Waals surface area contributed by atoms with Gasteiger partial charge in [0.2, 0.25) is 0 Å². The van der Waals surface area contributed by atoms with Gasteiger partial charge in [0.1, 0.15) is 12.5 Å². The van der Waals surface area contributed by atoms with Crippen LogP contribution >= 0.6 is 0 Å². The van der Waals surface area contributed by atoms with E-state index >= 15 is 0 Å². The highest BCUT2D eigenvalue weighted by atomic mass is 15.5. The highest BCUT2D eigenvalue weighted by molar-refractivity contribution is 5.91. The Labute approximate surface area is 142 Å². The molecule has 1 N–H and O–H groups in total. The predicted octanol–water partition coefficient (Wildman–Crippen LogP) is 4.34. The number of nitrogens with zero attached hydrogens (tertiary/aromatic N) is 2. The van der Waals surface area contributed by atoms with Crippen LogP contribution in [0.15, 0.2) is 53.6 Å². The molecule has 3 nitrogen and oxygen atoms in total. The average Bonchev–Trinajstić information content (AvgIpc) is 3.01. The van der Waals surface area contributed by atoms with Crippen molar-refractivity contribution in [2.24, 2.45) is 11.0 Å². The normalized spacial score (nSPS) is 29.6. The first-order chi connectivity index (χ1) is 11.7. The monoisotopic (exact) mass is 315 g/mol. The van der Waals surface area contributed by atoms with Gasteiger partial charge in [-0.3, -0.25) is 5.43 Å². The number of nitrogens with one attached hydrogen (secondary N) is 1. The van der Waals surface area contributed by atoms with Gasteiger partial charge >= 0.3 is 0 Å². The number of benzene rings is 2. The zero-order valence-electron chi connectivity index (χ0n) is 14.0. The maximum absolute atomic E-state index is 4.38.